The molecule has 25 heavy (non-hydrogen) atoms. The van der Waals surface area contributed by atoms with Crippen LogP contribution in [0.5, 0.6) is 5.75 Å². The van der Waals surface area contributed by atoms with E-state index in [9.17, 15) is 19.8 Å². The second-order valence-corrected chi connectivity index (χ2v) is 6.28. The molecule has 1 atom stereocenters. The number of carbonyl (C=O) groups excluding carboxylic acids is 1. The molecule has 0 aliphatic carbocycles. The molecule has 1 unspecified atom stereocenters. The number of alkyl carbamates (subject to hydrolysis) is 1. The Labute approximate surface area is 147 Å². The van der Waals surface area contributed by atoms with Crippen molar-refractivity contribution in [3.63, 3.8) is 0 Å². The molecule has 1 aromatic carbocycles. The predicted molar refractivity (Wildman–Crippen MR) is 95.8 cm³/mol. The van der Waals surface area contributed by atoms with E-state index in [-0.39, 0.29) is 12.2 Å². The summed E-state index contributed by atoms with van der Waals surface area (Å²) in [6.07, 6.45) is 0.946. The second kappa shape index (κ2) is 8.41. The van der Waals surface area contributed by atoms with Crippen molar-refractivity contribution in [3.8, 4) is 5.75 Å². The Bertz CT molecular complexity index is 731. The van der Waals surface area contributed by atoms with Crippen molar-refractivity contribution in [3.05, 3.63) is 30.0 Å². The van der Waals surface area contributed by atoms with Crippen LogP contribution < -0.4 is 5.32 Å². The number of H-pyrrole nitrogens is 1. The first kappa shape index (κ1) is 20.3. The maximum atomic E-state index is 11.8. The predicted octanol–water partition coefficient (Wildman–Crippen LogP) is 3.42. The van der Waals surface area contributed by atoms with Crippen molar-refractivity contribution in [2.24, 2.45) is 0 Å². The first-order chi connectivity index (χ1) is 11.7. The number of carboxylic acid groups (broad SMARTS) is 1. The summed E-state index contributed by atoms with van der Waals surface area (Å²) in [5.41, 5.74) is 0.748. The lowest BCUT2D eigenvalue weighted by Crippen LogP contribution is -2.44. The molecule has 7 heteroatoms. The molecule has 1 amide bonds. The van der Waals surface area contributed by atoms with E-state index in [4.69, 9.17) is 4.74 Å². The van der Waals surface area contributed by atoms with Gasteiger partial charge in [0.05, 0.1) is 0 Å². The number of nitrogens with one attached hydrogen (secondary N) is 2. The van der Waals surface area contributed by atoms with Gasteiger partial charge in [-0.15, -0.1) is 0 Å². The average Bonchev–Trinajstić information content (AvgIpc) is 2.89. The van der Waals surface area contributed by atoms with Crippen LogP contribution >= 0.6 is 0 Å². The maximum Gasteiger partial charge on any atom is 0.408 e. The van der Waals surface area contributed by atoms with Crippen LogP contribution in [-0.4, -0.2) is 38.9 Å². The lowest BCUT2D eigenvalue weighted by molar-refractivity contribution is -0.139. The van der Waals surface area contributed by atoms with E-state index in [1.165, 1.54) is 6.07 Å². The summed E-state index contributed by atoms with van der Waals surface area (Å²) in [4.78, 5) is 26.2. The third kappa shape index (κ3) is 6.02. The highest BCUT2D eigenvalue weighted by atomic mass is 16.6. The number of phenolic OH excluding ortho intramolecular Hbond substituents is 1. The van der Waals surface area contributed by atoms with Crippen molar-refractivity contribution in [1.29, 1.82) is 0 Å². The first-order valence-corrected chi connectivity index (χ1v) is 8.17. The van der Waals surface area contributed by atoms with Crippen molar-refractivity contribution in [2.45, 2.75) is 52.7 Å². The molecule has 0 saturated heterocycles. The molecule has 138 valence electrons. The van der Waals surface area contributed by atoms with Crippen molar-refractivity contribution < 1.29 is 24.5 Å². The third-order valence-corrected chi connectivity index (χ3v) is 3.16. The van der Waals surface area contributed by atoms with E-state index >= 15 is 0 Å². The van der Waals surface area contributed by atoms with Crippen LogP contribution in [0, 0.1) is 0 Å². The molecule has 0 bridgehead atoms. The number of phenols is 1. The van der Waals surface area contributed by atoms with E-state index in [2.05, 4.69) is 10.3 Å². The van der Waals surface area contributed by atoms with Gasteiger partial charge in [-0.3, -0.25) is 0 Å². The van der Waals surface area contributed by atoms with Gasteiger partial charge in [0.1, 0.15) is 17.4 Å². The van der Waals surface area contributed by atoms with Gasteiger partial charge in [-0.25, -0.2) is 9.59 Å². The quantitative estimate of drug-likeness (QED) is 0.675. The zero-order valence-electron chi connectivity index (χ0n) is 15.2. The van der Waals surface area contributed by atoms with Gasteiger partial charge in [-0.05, 0) is 44.5 Å². The minimum Gasteiger partial charge on any atom is -0.508 e. The van der Waals surface area contributed by atoms with E-state index in [1.807, 2.05) is 13.8 Å². The summed E-state index contributed by atoms with van der Waals surface area (Å²) in [7, 11) is 0. The highest BCUT2D eigenvalue weighted by Gasteiger charge is 2.25. The highest BCUT2D eigenvalue weighted by molar-refractivity contribution is 5.86. The van der Waals surface area contributed by atoms with E-state index < -0.39 is 23.7 Å². The van der Waals surface area contributed by atoms with Gasteiger partial charge >= 0.3 is 12.1 Å². The molecule has 2 rings (SSSR count). The molecule has 0 aliphatic heterocycles. The standard InChI is InChI=1S/C16H20N2O5.C2H6/c1-16(2,3)23-15(22)18-13(14(20)21)6-9-8-17-12-5-4-10(19)7-11(9)12;1-2/h4-5,7-8,13,17,19H,6H2,1-3H3,(H,18,22)(H,20,21);1-2H3. The Kier molecular flexibility index (Phi) is 6.85. The first-order valence-electron chi connectivity index (χ1n) is 8.17. The molecule has 0 radical (unpaired) electrons. The Morgan fingerprint density at radius 1 is 1.28 bits per heavy atom. The number of fused-ring (bicyclic) bond motifs is 1. The maximum absolute atomic E-state index is 11.8. The molecule has 2 aromatic rings. The number of aliphatic carboxylic acids is 1. The number of carbonyl (C=O) groups is 2. The van der Waals surface area contributed by atoms with Gasteiger partial charge in [-0.1, -0.05) is 13.8 Å². The number of hydrogen-bond acceptors (Lipinski definition) is 4. The molecular formula is C18H26N2O5. The number of carboxylic acids is 1. The molecular weight excluding hydrogens is 324 g/mol. The summed E-state index contributed by atoms with van der Waals surface area (Å²) in [6, 6.07) is 3.65. The number of aromatic nitrogens is 1. The Morgan fingerprint density at radius 3 is 2.48 bits per heavy atom. The van der Waals surface area contributed by atoms with Crippen LogP contribution in [0.4, 0.5) is 4.79 Å². The highest BCUT2D eigenvalue weighted by Crippen LogP contribution is 2.24. The van der Waals surface area contributed by atoms with Crippen LogP contribution in [0.1, 0.15) is 40.2 Å². The zero-order chi connectivity index (χ0) is 19.2. The Hall–Kier alpha value is -2.70. The van der Waals surface area contributed by atoms with Gasteiger partial charge in [0.15, 0.2) is 0 Å². The van der Waals surface area contributed by atoms with Gasteiger partial charge in [0.25, 0.3) is 0 Å². The summed E-state index contributed by atoms with van der Waals surface area (Å²) in [5.74, 6) is -1.07. The van der Waals surface area contributed by atoms with Gasteiger partial charge in [0, 0.05) is 23.5 Å². The van der Waals surface area contributed by atoms with Crippen LogP contribution in [-0.2, 0) is 16.0 Å². The summed E-state index contributed by atoms with van der Waals surface area (Å²) >= 11 is 0. The zero-order valence-corrected chi connectivity index (χ0v) is 15.2. The van der Waals surface area contributed by atoms with Crippen LogP contribution in [0.2, 0.25) is 0 Å². The van der Waals surface area contributed by atoms with E-state index in [0.717, 1.165) is 5.52 Å². The number of rotatable bonds is 4. The van der Waals surface area contributed by atoms with Gasteiger partial charge in [-0.2, -0.15) is 0 Å². The van der Waals surface area contributed by atoms with Gasteiger partial charge in [0.2, 0.25) is 0 Å². The Morgan fingerprint density at radius 2 is 1.92 bits per heavy atom. The van der Waals surface area contributed by atoms with E-state index in [0.29, 0.717) is 10.9 Å². The van der Waals surface area contributed by atoms with E-state index in [1.54, 1.807) is 39.1 Å². The number of hydrogen-bond donors (Lipinski definition) is 4. The fraction of sp³-hybridized carbons (Fsp3) is 0.444. The lowest BCUT2D eigenvalue weighted by Gasteiger charge is -2.22. The summed E-state index contributed by atoms with van der Waals surface area (Å²) < 4.78 is 5.08. The number of aromatic amines is 1. The van der Waals surface area contributed by atoms with Gasteiger partial charge < -0.3 is 25.3 Å². The molecule has 0 aliphatic rings. The molecule has 1 heterocycles. The minimum atomic E-state index is -1.16. The SMILES string of the molecule is CC.CC(C)(C)OC(=O)NC(Cc1c[nH]c2ccc(O)cc12)C(=O)O. The average molecular weight is 350 g/mol. The molecule has 4 N–H and O–H groups in total. The molecule has 0 spiro atoms. The number of benzene rings is 1. The van der Waals surface area contributed by atoms with Crippen molar-refractivity contribution in [1.82, 2.24) is 10.3 Å². The smallest absolute Gasteiger partial charge is 0.408 e. The summed E-state index contributed by atoms with van der Waals surface area (Å²) in [5, 5.41) is 21.9. The normalized spacial score (nSPS) is 12.0. The molecule has 0 saturated carbocycles. The fourth-order valence-electron chi connectivity index (χ4n) is 2.21. The Balaban J connectivity index is 0.00000151. The summed E-state index contributed by atoms with van der Waals surface area (Å²) in [6.45, 7) is 9.10. The van der Waals surface area contributed by atoms with Crippen LogP contribution in [0.25, 0.3) is 10.9 Å². The second-order valence-electron chi connectivity index (χ2n) is 6.28. The molecule has 1 aromatic heterocycles. The lowest BCUT2D eigenvalue weighted by atomic mass is 10.0. The molecule has 0 fully saturated rings. The number of aromatic hydroxyl groups is 1. The van der Waals surface area contributed by atoms with Crippen molar-refractivity contribution >= 4 is 23.0 Å². The molecule has 7 nitrogen and oxygen atoms in total. The topological polar surface area (TPSA) is 112 Å². The number of amides is 1. The monoisotopic (exact) mass is 350 g/mol. The largest absolute Gasteiger partial charge is 0.508 e. The van der Waals surface area contributed by atoms with Crippen LogP contribution in [0.15, 0.2) is 24.4 Å². The fourth-order valence-corrected chi connectivity index (χ4v) is 2.21. The minimum absolute atomic E-state index is 0.0675. The van der Waals surface area contributed by atoms with Crippen molar-refractivity contribution in [2.75, 3.05) is 0 Å². The van der Waals surface area contributed by atoms with Crippen LogP contribution in [0.3, 0.4) is 0 Å². The third-order valence-electron chi connectivity index (χ3n) is 3.16. The number of ether oxygens (including phenoxy) is 1.